The highest BCUT2D eigenvalue weighted by molar-refractivity contribution is 5.85. The van der Waals surface area contributed by atoms with E-state index in [-0.39, 0.29) is 17.9 Å². The maximum Gasteiger partial charge on any atom is 0.222 e. The van der Waals surface area contributed by atoms with Crippen LogP contribution in [0.15, 0.2) is 30.5 Å². The topological polar surface area (TPSA) is 45.5 Å². The van der Waals surface area contributed by atoms with Crippen molar-refractivity contribution in [3.05, 3.63) is 36.0 Å². The first-order chi connectivity index (χ1) is 10.6. The Labute approximate surface area is 131 Å². The Morgan fingerprint density at radius 3 is 2.91 bits per heavy atom. The van der Waals surface area contributed by atoms with Crippen molar-refractivity contribution in [2.24, 2.45) is 13.0 Å². The van der Waals surface area contributed by atoms with E-state index in [2.05, 4.69) is 22.9 Å². The van der Waals surface area contributed by atoms with Gasteiger partial charge < -0.3 is 14.6 Å². The number of fused-ring (bicyclic) bond motifs is 1. The number of carbonyl (C=O) groups is 1. The molecular formula is C18H24N2O2. The SMILES string of the molecule is CC(O)C1CCN(C(=O)CCc2cn(C)c3ccccc23)C1. The van der Waals surface area contributed by atoms with Gasteiger partial charge in [-0.3, -0.25) is 4.79 Å². The van der Waals surface area contributed by atoms with Crippen LogP contribution in [-0.4, -0.2) is 39.7 Å². The molecule has 3 rings (SSSR count). The van der Waals surface area contributed by atoms with Gasteiger partial charge in [-0.15, -0.1) is 0 Å². The van der Waals surface area contributed by atoms with E-state index < -0.39 is 0 Å². The van der Waals surface area contributed by atoms with Crippen molar-refractivity contribution >= 4 is 16.8 Å². The second-order valence-corrected chi connectivity index (χ2v) is 6.41. The Kier molecular flexibility index (Phi) is 4.21. The smallest absolute Gasteiger partial charge is 0.222 e. The number of aromatic nitrogens is 1. The molecule has 0 aliphatic carbocycles. The number of aryl methyl sites for hydroxylation is 2. The molecule has 1 aliphatic heterocycles. The number of rotatable bonds is 4. The molecule has 0 spiro atoms. The van der Waals surface area contributed by atoms with E-state index in [0.29, 0.717) is 13.0 Å². The number of amides is 1. The predicted molar refractivity (Wildman–Crippen MR) is 87.6 cm³/mol. The third kappa shape index (κ3) is 2.88. The summed E-state index contributed by atoms with van der Waals surface area (Å²) in [4.78, 5) is 14.3. The number of aliphatic hydroxyl groups excluding tert-OH is 1. The molecule has 2 aromatic rings. The summed E-state index contributed by atoms with van der Waals surface area (Å²) in [6.45, 7) is 3.30. The molecular weight excluding hydrogens is 276 g/mol. The molecule has 4 heteroatoms. The second-order valence-electron chi connectivity index (χ2n) is 6.41. The van der Waals surface area contributed by atoms with Gasteiger partial charge in [0.1, 0.15) is 0 Å². The molecule has 2 unspecified atom stereocenters. The molecule has 1 aromatic heterocycles. The predicted octanol–water partition coefficient (Wildman–Crippen LogP) is 2.34. The standard InChI is InChI=1S/C18H24N2O2/c1-13(21)14-9-10-20(12-14)18(22)8-7-15-11-19(2)17-6-4-3-5-16(15)17/h3-6,11,13-14,21H,7-10,12H2,1-2H3. The number of carbonyl (C=O) groups excluding carboxylic acids is 1. The molecule has 0 saturated carbocycles. The van der Waals surface area contributed by atoms with Gasteiger partial charge in [0.25, 0.3) is 0 Å². The Morgan fingerprint density at radius 2 is 2.18 bits per heavy atom. The van der Waals surface area contributed by atoms with E-state index in [1.807, 2.05) is 31.0 Å². The number of hydrogen-bond acceptors (Lipinski definition) is 2. The van der Waals surface area contributed by atoms with E-state index in [1.54, 1.807) is 0 Å². The highest BCUT2D eigenvalue weighted by Gasteiger charge is 2.28. The maximum atomic E-state index is 12.4. The minimum absolute atomic E-state index is 0.205. The van der Waals surface area contributed by atoms with Crippen LogP contribution in [0.5, 0.6) is 0 Å². The molecule has 1 amide bonds. The van der Waals surface area contributed by atoms with Gasteiger partial charge in [-0.25, -0.2) is 0 Å². The average molecular weight is 300 g/mol. The molecule has 2 atom stereocenters. The number of likely N-dealkylation sites (tertiary alicyclic amines) is 1. The van der Waals surface area contributed by atoms with Gasteiger partial charge in [0.15, 0.2) is 0 Å². The Hall–Kier alpha value is -1.81. The largest absolute Gasteiger partial charge is 0.393 e. The van der Waals surface area contributed by atoms with E-state index in [0.717, 1.165) is 19.4 Å². The Bertz CT molecular complexity index is 675. The summed E-state index contributed by atoms with van der Waals surface area (Å²) < 4.78 is 2.12. The monoisotopic (exact) mass is 300 g/mol. The first kappa shape index (κ1) is 15.1. The summed E-state index contributed by atoms with van der Waals surface area (Å²) in [7, 11) is 2.04. The van der Waals surface area contributed by atoms with Gasteiger partial charge in [-0.1, -0.05) is 18.2 Å². The Morgan fingerprint density at radius 1 is 1.41 bits per heavy atom. The van der Waals surface area contributed by atoms with Gasteiger partial charge in [-0.2, -0.15) is 0 Å². The van der Waals surface area contributed by atoms with E-state index in [1.165, 1.54) is 16.5 Å². The summed E-state index contributed by atoms with van der Waals surface area (Å²) in [5, 5.41) is 10.9. The van der Waals surface area contributed by atoms with Gasteiger partial charge in [-0.05, 0) is 31.4 Å². The van der Waals surface area contributed by atoms with Crippen LogP contribution in [0.25, 0.3) is 10.9 Å². The van der Waals surface area contributed by atoms with Crippen LogP contribution in [0.3, 0.4) is 0 Å². The molecule has 1 saturated heterocycles. The highest BCUT2D eigenvalue weighted by Crippen LogP contribution is 2.23. The average Bonchev–Trinajstić information content (AvgIpc) is 3.11. The van der Waals surface area contributed by atoms with E-state index in [4.69, 9.17) is 0 Å². The molecule has 22 heavy (non-hydrogen) atoms. The summed E-state index contributed by atoms with van der Waals surface area (Å²) in [6, 6.07) is 8.31. The molecule has 1 fully saturated rings. The van der Waals surface area contributed by atoms with Crippen LogP contribution >= 0.6 is 0 Å². The van der Waals surface area contributed by atoms with Gasteiger partial charge in [0.05, 0.1) is 6.10 Å². The normalized spacial score (nSPS) is 19.8. The lowest BCUT2D eigenvalue weighted by Gasteiger charge is -2.17. The number of benzene rings is 1. The zero-order chi connectivity index (χ0) is 15.7. The number of aliphatic hydroxyl groups is 1. The molecule has 1 aliphatic rings. The molecule has 1 N–H and O–H groups in total. The van der Waals surface area contributed by atoms with Gasteiger partial charge >= 0.3 is 0 Å². The molecule has 0 bridgehead atoms. The molecule has 0 radical (unpaired) electrons. The van der Waals surface area contributed by atoms with E-state index in [9.17, 15) is 9.90 Å². The minimum atomic E-state index is -0.323. The molecule has 1 aromatic carbocycles. The van der Waals surface area contributed by atoms with Crippen molar-refractivity contribution in [3.63, 3.8) is 0 Å². The summed E-state index contributed by atoms with van der Waals surface area (Å²) in [6.07, 6.45) is 4.03. The molecule has 4 nitrogen and oxygen atoms in total. The summed E-state index contributed by atoms with van der Waals surface area (Å²) >= 11 is 0. The number of hydrogen-bond donors (Lipinski definition) is 1. The van der Waals surface area contributed by atoms with Crippen molar-refractivity contribution in [2.45, 2.75) is 32.3 Å². The number of para-hydroxylation sites is 1. The minimum Gasteiger partial charge on any atom is -0.393 e. The van der Waals surface area contributed by atoms with E-state index >= 15 is 0 Å². The lowest BCUT2D eigenvalue weighted by Crippen LogP contribution is -2.30. The Balaban J connectivity index is 1.64. The fourth-order valence-corrected chi connectivity index (χ4v) is 3.43. The number of nitrogens with zero attached hydrogens (tertiary/aromatic N) is 2. The van der Waals surface area contributed by atoms with Crippen LogP contribution in [-0.2, 0) is 18.3 Å². The van der Waals surface area contributed by atoms with Gasteiger partial charge in [0.2, 0.25) is 5.91 Å². The zero-order valence-corrected chi connectivity index (χ0v) is 13.3. The van der Waals surface area contributed by atoms with Gasteiger partial charge in [0, 0.05) is 49.6 Å². The lowest BCUT2D eigenvalue weighted by atomic mass is 10.0. The fourth-order valence-electron chi connectivity index (χ4n) is 3.43. The van der Waals surface area contributed by atoms with Crippen molar-refractivity contribution in [1.29, 1.82) is 0 Å². The van der Waals surface area contributed by atoms with Crippen LogP contribution in [0.1, 0.15) is 25.3 Å². The molecule has 2 heterocycles. The second kappa shape index (κ2) is 6.13. The van der Waals surface area contributed by atoms with Crippen molar-refractivity contribution < 1.29 is 9.90 Å². The van der Waals surface area contributed by atoms with Crippen molar-refractivity contribution in [2.75, 3.05) is 13.1 Å². The lowest BCUT2D eigenvalue weighted by molar-refractivity contribution is -0.130. The third-order valence-electron chi connectivity index (χ3n) is 4.85. The van der Waals surface area contributed by atoms with Crippen LogP contribution in [0.4, 0.5) is 0 Å². The maximum absolute atomic E-state index is 12.4. The quantitative estimate of drug-likeness (QED) is 0.942. The van der Waals surface area contributed by atoms with Crippen molar-refractivity contribution in [3.8, 4) is 0 Å². The highest BCUT2D eigenvalue weighted by atomic mass is 16.3. The van der Waals surface area contributed by atoms with Crippen LogP contribution in [0, 0.1) is 5.92 Å². The molecule has 118 valence electrons. The van der Waals surface area contributed by atoms with Crippen molar-refractivity contribution in [1.82, 2.24) is 9.47 Å². The van der Waals surface area contributed by atoms with Crippen LogP contribution < -0.4 is 0 Å². The zero-order valence-electron chi connectivity index (χ0n) is 13.3. The van der Waals surface area contributed by atoms with Crippen LogP contribution in [0.2, 0.25) is 0 Å². The summed E-state index contributed by atoms with van der Waals surface area (Å²) in [5.74, 6) is 0.442. The first-order valence-corrected chi connectivity index (χ1v) is 8.05. The fraction of sp³-hybridized carbons (Fsp3) is 0.500. The summed E-state index contributed by atoms with van der Waals surface area (Å²) in [5.41, 5.74) is 2.44. The third-order valence-corrected chi connectivity index (χ3v) is 4.85. The first-order valence-electron chi connectivity index (χ1n) is 8.05.